The summed E-state index contributed by atoms with van der Waals surface area (Å²) >= 11 is -0.380. The van der Waals surface area contributed by atoms with Crippen LogP contribution >= 0.6 is 0 Å². The van der Waals surface area contributed by atoms with E-state index in [2.05, 4.69) is 25.0 Å². The molecule has 1 aromatic carbocycles. The Morgan fingerprint density at radius 3 is 2.54 bits per heavy atom. The van der Waals surface area contributed by atoms with Crippen molar-refractivity contribution in [3.8, 4) is 6.01 Å². The molecule has 0 aliphatic heterocycles. The maximum atomic E-state index is 12.5. The molecule has 0 aliphatic carbocycles. The van der Waals surface area contributed by atoms with Crippen molar-refractivity contribution in [2.45, 2.75) is 17.5 Å². The molecule has 2 rings (SSSR count). The number of carbonyl (C=O) groups excluding carboxylic acids is 2. The van der Waals surface area contributed by atoms with Crippen LogP contribution in [0.15, 0.2) is 29.2 Å². The molecule has 1 radical (unpaired) electrons. The molecule has 0 spiro atoms. The van der Waals surface area contributed by atoms with Crippen LogP contribution in [0.3, 0.4) is 0 Å². The molecule has 2 N–H and O–H groups in total. The number of hydrogen-bond donors (Lipinski definition) is 2. The molecule has 0 unspecified atom stereocenters. The van der Waals surface area contributed by atoms with Gasteiger partial charge in [0, 0.05) is 0 Å². The van der Waals surface area contributed by atoms with E-state index in [0.717, 1.165) is 7.11 Å². The summed E-state index contributed by atoms with van der Waals surface area (Å²) in [5.74, 6) is -1.00. The zero-order valence-electron chi connectivity index (χ0n) is 15.2. The number of methoxy groups -OCH3 is 1. The van der Waals surface area contributed by atoms with Gasteiger partial charge in [-0.2, -0.15) is 0 Å². The fourth-order valence-electron chi connectivity index (χ4n) is 1.98. The van der Waals surface area contributed by atoms with E-state index in [9.17, 15) is 18.0 Å². The Hall–Kier alpha value is -2.72. The summed E-state index contributed by atoms with van der Waals surface area (Å²) in [6.45, 7) is 2.06. The Bertz CT molecular complexity index is 985. The Morgan fingerprint density at radius 1 is 1.18 bits per heavy atom. The van der Waals surface area contributed by atoms with E-state index in [1.165, 1.54) is 24.3 Å². The average Bonchev–Trinajstić information content (AvgIpc) is 2.66. The molecule has 0 atom stereocenters. The number of ether oxygens (including phenoxy) is 2. The van der Waals surface area contributed by atoms with Gasteiger partial charge in [0.1, 0.15) is 0 Å². The molecule has 0 saturated heterocycles. The Labute approximate surface area is 168 Å². The first kappa shape index (κ1) is 21.6. The number of esters is 1. The van der Waals surface area contributed by atoms with E-state index in [1.807, 2.05) is 10.4 Å². The van der Waals surface area contributed by atoms with Gasteiger partial charge in [0.15, 0.2) is 0 Å². The van der Waals surface area contributed by atoms with Gasteiger partial charge in [0.25, 0.3) is 0 Å². The molecule has 1 heterocycles. The van der Waals surface area contributed by atoms with Crippen molar-refractivity contribution < 1.29 is 27.5 Å². The number of amides is 2. The molecule has 2 amide bonds. The molecule has 0 aliphatic rings. The molecule has 149 valence electrons. The molecule has 28 heavy (non-hydrogen) atoms. The first-order valence-electron chi connectivity index (χ1n) is 7.80. The maximum absolute atomic E-state index is 12.5. The number of nitrogens with zero attached hydrogens (tertiary/aromatic N) is 3. The number of carbonyl (C=O) groups is 2. The molecule has 2 aromatic rings. The SMILES string of the molecule is CCOc1nc(NC(=O)NS(=O)(=O)c2ccccc2C(=O)OC)nc([As]C)n1. The van der Waals surface area contributed by atoms with Crippen molar-refractivity contribution in [3.05, 3.63) is 29.8 Å². The molecule has 11 nitrogen and oxygen atoms in total. The van der Waals surface area contributed by atoms with Crippen LogP contribution in [0.25, 0.3) is 0 Å². The van der Waals surface area contributed by atoms with Gasteiger partial charge in [-0.15, -0.1) is 0 Å². The summed E-state index contributed by atoms with van der Waals surface area (Å²) in [5, 5.41) is 2.23. The predicted molar refractivity (Wildman–Crippen MR) is 99.4 cm³/mol. The van der Waals surface area contributed by atoms with Crippen LogP contribution in [0.1, 0.15) is 17.3 Å². The number of benzene rings is 1. The Balaban J connectivity index is 2.24. The second-order valence-electron chi connectivity index (χ2n) is 4.95. The predicted octanol–water partition coefficient (Wildman–Crippen LogP) is -0.0551. The van der Waals surface area contributed by atoms with Crippen LogP contribution in [-0.4, -0.2) is 64.8 Å². The van der Waals surface area contributed by atoms with E-state index in [-0.39, 0.29) is 33.3 Å². The molecule has 13 heteroatoms. The van der Waals surface area contributed by atoms with Crippen molar-refractivity contribution in [2.24, 2.45) is 0 Å². The van der Waals surface area contributed by atoms with Gasteiger partial charge in [-0.3, -0.25) is 0 Å². The Morgan fingerprint density at radius 2 is 1.89 bits per heavy atom. The second-order valence-corrected chi connectivity index (χ2v) is 8.37. The molecular formula is C15H17AsN5O6S. The quantitative estimate of drug-likeness (QED) is 0.419. The van der Waals surface area contributed by atoms with E-state index < -0.39 is 26.9 Å². The van der Waals surface area contributed by atoms with E-state index >= 15 is 0 Å². The topological polar surface area (TPSA) is 149 Å². The van der Waals surface area contributed by atoms with Crippen LogP contribution in [0.5, 0.6) is 6.01 Å². The number of urea groups is 1. The number of anilines is 1. The Kier molecular flexibility index (Phi) is 7.30. The normalized spacial score (nSPS) is 11.2. The van der Waals surface area contributed by atoms with Crippen LogP contribution in [0, 0.1) is 0 Å². The van der Waals surface area contributed by atoms with Crippen molar-refractivity contribution in [3.63, 3.8) is 0 Å². The zero-order chi connectivity index (χ0) is 20.7. The van der Waals surface area contributed by atoms with Gasteiger partial charge in [-0.05, 0) is 0 Å². The fraction of sp³-hybridized carbons (Fsp3) is 0.267. The minimum absolute atomic E-state index is 0.0267. The van der Waals surface area contributed by atoms with Crippen LogP contribution in [0.2, 0.25) is 5.71 Å². The number of sulfonamides is 1. The van der Waals surface area contributed by atoms with Crippen molar-refractivity contribution >= 4 is 48.3 Å². The number of nitrogens with one attached hydrogen (secondary N) is 2. The van der Waals surface area contributed by atoms with Crippen LogP contribution in [0.4, 0.5) is 10.7 Å². The number of rotatable bonds is 7. The monoisotopic (exact) mass is 470 g/mol. The third-order valence-corrected chi connectivity index (χ3v) is 5.76. The van der Waals surface area contributed by atoms with Crippen molar-refractivity contribution in [1.29, 1.82) is 0 Å². The molecule has 0 saturated carbocycles. The van der Waals surface area contributed by atoms with Gasteiger partial charge in [0.05, 0.1) is 0 Å². The van der Waals surface area contributed by atoms with Crippen molar-refractivity contribution in [2.75, 3.05) is 19.0 Å². The fourth-order valence-corrected chi connectivity index (χ4v) is 3.88. The summed E-state index contributed by atoms with van der Waals surface area (Å²) in [6, 6.07) is 4.26. The van der Waals surface area contributed by atoms with Gasteiger partial charge in [-0.1, -0.05) is 0 Å². The van der Waals surface area contributed by atoms with Crippen LogP contribution < -0.4 is 19.4 Å². The van der Waals surface area contributed by atoms with E-state index in [4.69, 9.17) is 4.74 Å². The van der Waals surface area contributed by atoms with Gasteiger partial charge in [-0.25, -0.2) is 0 Å². The summed E-state index contributed by atoms with van der Waals surface area (Å²) in [4.78, 5) is 35.5. The average molecular weight is 470 g/mol. The molecule has 1 aromatic heterocycles. The van der Waals surface area contributed by atoms with Gasteiger partial charge in [0.2, 0.25) is 0 Å². The summed E-state index contributed by atoms with van der Waals surface area (Å²) < 4.78 is 37.1. The number of aromatic nitrogens is 3. The third kappa shape index (κ3) is 5.39. The molecule has 0 bridgehead atoms. The van der Waals surface area contributed by atoms with Crippen LogP contribution in [-0.2, 0) is 14.8 Å². The summed E-state index contributed by atoms with van der Waals surface area (Å²) in [6.07, 6.45) is 0. The first-order chi connectivity index (χ1) is 13.3. The van der Waals surface area contributed by atoms with E-state index in [0.29, 0.717) is 11.2 Å². The minimum atomic E-state index is -4.36. The summed E-state index contributed by atoms with van der Waals surface area (Å²) in [5.41, 5.74) is 1.68. The van der Waals surface area contributed by atoms with E-state index in [1.54, 1.807) is 6.92 Å². The van der Waals surface area contributed by atoms with Gasteiger partial charge >= 0.3 is 168 Å². The van der Waals surface area contributed by atoms with Gasteiger partial charge < -0.3 is 0 Å². The number of hydrogen-bond acceptors (Lipinski definition) is 9. The third-order valence-electron chi connectivity index (χ3n) is 3.11. The zero-order valence-corrected chi connectivity index (χ0v) is 17.9. The first-order valence-corrected chi connectivity index (χ1v) is 12.1. The molecule has 0 fully saturated rings. The summed E-state index contributed by atoms with van der Waals surface area (Å²) in [7, 11) is -3.24. The standard InChI is InChI=1S/C15H17AsN5O6S/c1-4-27-15-18-12(16-2)17-13(20-15)19-14(23)21-28(24,25)10-8-6-5-7-9(10)11(22)26-3/h5-8H,4H2,1-3H3,(H2,17,18,19,20,21,23). The second kappa shape index (κ2) is 9.47. The van der Waals surface area contributed by atoms with Crippen molar-refractivity contribution in [1.82, 2.24) is 19.7 Å². The molecular weight excluding hydrogens is 453 g/mol.